The molecule has 0 aromatic heterocycles. The number of hydrogen-bond donors (Lipinski definition) is 1. The molecule has 1 fully saturated rings. The lowest BCUT2D eigenvalue weighted by molar-refractivity contribution is 0.249. The van der Waals surface area contributed by atoms with Crippen molar-refractivity contribution in [3.8, 4) is 0 Å². The van der Waals surface area contributed by atoms with Gasteiger partial charge in [0.2, 0.25) is 0 Å². The number of likely N-dealkylation sites (N-methyl/N-ethyl adjacent to an activating group) is 1. The first-order valence-corrected chi connectivity index (χ1v) is 8.17. The molecule has 0 radical (unpaired) electrons. The van der Waals surface area contributed by atoms with Gasteiger partial charge < -0.3 is 15.1 Å². The summed E-state index contributed by atoms with van der Waals surface area (Å²) >= 11 is 0. The summed E-state index contributed by atoms with van der Waals surface area (Å²) in [7, 11) is 6.19. The summed E-state index contributed by atoms with van der Waals surface area (Å²) in [6.07, 6.45) is 5.54. The number of aliphatic imine (C=N–C) groups is 1. The fourth-order valence-electron chi connectivity index (χ4n) is 2.89. The van der Waals surface area contributed by atoms with Gasteiger partial charge in [-0.25, -0.2) is 0 Å². The van der Waals surface area contributed by atoms with Crippen LogP contribution in [0.25, 0.3) is 0 Å². The lowest BCUT2D eigenvalue weighted by atomic mass is 9.83. The molecular formula is C16H35IN4. The summed E-state index contributed by atoms with van der Waals surface area (Å²) in [6.45, 7) is 8.81. The molecule has 0 aromatic rings. The van der Waals surface area contributed by atoms with Crippen LogP contribution in [0, 0.1) is 11.8 Å². The molecule has 0 amide bonds. The van der Waals surface area contributed by atoms with Crippen LogP contribution >= 0.6 is 24.0 Å². The van der Waals surface area contributed by atoms with Crippen LogP contribution in [0.4, 0.5) is 0 Å². The van der Waals surface area contributed by atoms with Gasteiger partial charge >= 0.3 is 0 Å². The molecule has 1 saturated carbocycles. The average molecular weight is 410 g/mol. The maximum atomic E-state index is 4.40. The standard InChI is InChI=1S/C16H34N4.HI/c1-6-19(4)12-11-18-16(17-3)20(5)13-15-9-7-14(2)8-10-15;/h14-15H,6-13H2,1-5H3,(H,17,18);1H. The van der Waals surface area contributed by atoms with E-state index >= 15 is 0 Å². The molecule has 0 spiro atoms. The Balaban J connectivity index is 0.00000400. The molecule has 126 valence electrons. The van der Waals surface area contributed by atoms with Gasteiger partial charge in [-0.3, -0.25) is 4.99 Å². The third-order valence-corrected chi connectivity index (χ3v) is 4.56. The second-order valence-electron chi connectivity index (χ2n) is 6.38. The third-order valence-electron chi connectivity index (χ3n) is 4.56. The average Bonchev–Trinajstić information content (AvgIpc) is 2.45. The van der Waals surface area contributed by atoms with Gasteiger partial charge in [0.05, 0.1) is 0 Å². The van der Waals surface area contributed by atoms with Gasteiger partial charge in [-0.05, 0) is 38.3 Å². The Labute approximate surface area is 148 Å². The zero-order valence-electron chi connectivity index (χ0n) is 14.6. The van der Waals surface area contributed by atoms with Crippen molar-refractivity contribution in [3.63, 3.8) is 0 Å². The van der Waals surface area contributed by atoms with Crippen LogP contribution in [0.3, 0.4) is 0 Å². The molecule has 1 aliphatic rings. The molecule has 0 aromatic carbocycles. The third kappa shape index (κ3) is 8.24. The first-order valence-electron chi connectivity index (χ1n) is 8.17. The lowest BCUT2D eigenvalue weighted by Gasteiger charge is -2.31. The SMILES string of the molecule is CCN(C)CCNC(=NC)N(C)CC1CCC(C)CC1.I. The second-order valence-corrected chi connectivity index (χ2v) is 6.38. The molecule has 0 bridgehead atoms. The fraction of sp³-hybridized carbons (Fsp3) is 0.938. The van der Waals surface area contributed by atoms with E-state index in [0.717, 1.165) is 44.0 Å². The molecule has 0 unspecified atom stereocenters. The van der Waals surface area contributed by atoms with Crippen LogP contribution in [-0.4, -0.2) is 63.1 Å². The molecule has 0 saturated heterocycles. The quantitative estimate of drug-likeness (QED) is 0.415. The summed E-state index contributed by atoms with van der Waals surface area (Å²) < 4.78 is 0. The van der Waals surface area contributed by atoms with Crippen LogP contribution in [0.1, 0.15) is 39.5 Å². The highest BCUT2D eigenvalue weighted by atomic mass is 127. The highest BCUT2D eigenvalue weighted by Gasteiger charge is 2.20. The first-order chi connectivity index (χ1) is 9.56. The van der Waals surface area contributed by atoms with E-state index in [4.69, 9.17) is 0 Å². The topological polar surface area (TPSA) is 30.9 Å². The number of nitrogens with one attached hydrogen (secondary N) is 1. The maximum absolute atomic E-state index is 4.40. The van der Waals surface area contributed by atoms with Crippen molar-refractivity contribution in [3.05, 3.63) is 0 Å². The normalized spacial score (nSPS) is 22.9. The number of rotatable bonds is 6. The van der Waals surface area contributed by atoms with Gasteiger partial charge in [0.1, 0.15) is 0 Å². The number of nitrogens with zero attached hydrogens (tertiary/aromatic N) is 3. The second kappa shape index (κ2) is 11.5. The van der Waals surface area contributed by atoms with Crippen molar-refractivity contribution in [2.24, 2.45) is 16.8 Å². The Morgan fingerprint density at radius 1 is 1.19 bits per heavy atom. The van der Waals surface area contributed by atoms with E-state index in [1.807, 2.05) is 7.05 Å². The van der Waals surface area contributed by atoms with Crippen molar-refractivity contribution < 1.29 is 0 Å². The zero-order chi connectivity index (χ0) is 15.0. The van der Waals surface area contributed by atoms with Crippen LogP contribution in [0.5, 0.6) is 0 Å². The molecule has 1 rings (SSSR count). The van der Waals surface area contributed by atoms with Crippen molar-refractivity contribution in [2.45, 2.75) is 39.5 Å². The van der Waals surface area contributed by atoms with E-state index in [-0.39, 0.29) is 24.0 Å². The van der Waals surface area contributed by atoms with Crippen LogP contribution in [0.2, 0.25) is 0 Å². The Hall–Kier alpha value is -0.0400. The van der Waals surface area contributed by atoms with Gasteiger partial charge in [-0.15, -0.1) is 24.0 Å². The van der Waals surface area contributed by atoms with E-state index in [0.29, 0.717) is 0 Å². The Kier molecular flexibility index (Phi) is 11.5. The van der Waals surface area contributed by atoms with E-state index < -0.39 is 0 Å². The molecule has 0 aliphatic heterocycles. The summed E-state index contributed by atoms with van der Waals surface area (Å²) in [5, 5.41) is 3.47. The molecule has 21 heavy (non-hydrogen) atoms. The van der Waals surface area contributed by atoms with Crippen LogP contribution in [-0.2, 0) is 0 Å². The van der Waals surface area contributed by atoms with Crippen molar-refractivity contribution >= 4 is 29.9 Å². The summed E-state index contributed by atoms with van der Waals surface area (Å²) in [6, 6.07) is 0. The predicted octanol–water partition coefficient (Wildman–Crippen LogP) is 2.89. The molecular weight excluding hydrogens is 375 g/mol. The predicted molar refractivity (Wildman–Crippen MR) is 104 cm³/mol. The minimum Gasteiger partial charge on any atom is -0.355 e. The summed E-state index contributed by atoms with van der Waals surface area (Å²) in [5.41, 5.74) is 0. The smallest absolute Gasteiger partial charge is 0.193 e. The maximum Gasteiger partial charge on any atom is 0.193 e. The number of halogens is 1. The van der Waals surface area contributed by atoms with E-state index in [1.54, 1.807) is 0 Å². The molecule has 0 atom stereocenters. The van der Waals surface area contributed by atoms with Crippen LogP contribution in [0.15, 0.2) is 4.99 Å². The van der Waals surface area contributed by atoms with Crippen LogP contribution < -0.4 is 5.32 Å². The monoisotopic (exact) mass is 410 g/mol. The lowest BCUT2D eigenvalue weighted by Crippen LogP contribution is -2.44. The molecule has 0 heterocycles. The van der Waals surface area contributed by atoms with Gasteiger partial charge in [-0.2, -0.15) is 0 Å². The number of guanidine groups is 1. The van der Waals surface area contributed by atoms with Crippen molar-refractivity contribution in [2.75, 3.05) is 47.3 Å². The Morgan fingerprint density at radius 2 is 1.81 bits per heavy atom. The van der Waals surface area contributed by atoms with E-state index in [9.17, 15) is 0 Å². The largest absolute Gasteiger partial charge is 0.355 e. The van der Waals surface area contributed by atoms with E-state index in [1.165, 1.54) is 25.7 Å². The zero-order valence-corrected chi connectivity index (χ0v) is 16.9. The van der Waals surface area contributed by atoms with Gasteiger partial charge in [0.15, 0.2) is 5.96 Å². The molecule has 4 nitrogen and oxygen atoms in total. The first kappa shape index (κ1) is 21.0. The fourth-order valence-corrected chi connectivity index (χ4v) is 2.89. The van der Waals surface area contributed by atoms with E-state index in [2.05, 4.69) is 48.1 Å². The summed E-state index contributed by atoms with van der Waals surface area (Å²) in [4.78, 5) is 9.01. The highest BCUT2D eigenvalue weighted by molar-refractivity contribution is 14.0. The number of hydrogen-bond acceptors (Lipinski definition) is 2. The van der Waals surface area contributed by atoms with Gasteiger partial charge in [0.25, 0.3) is 0 Å². The van der Waals surface area contributed by atoms with Crippen molar-refractivity contribution in [1.29, 1.82) is 0 Å². The minimum absolute atomic E-state index is 0. The highest BCUT2D eigenvalue weighted by Crippen LogP contribution is 2.28. The molecule has 1 aliphatic carbocycles. The Bertz CT molecular complexity index is 288. The van der Waals surface area contributed by atoms with Gasteiger partial charge in [-0.1, -0.05) is 26.7 Å². The summed E-state index contributed by atoms with van der Waals surface area (Å²) in [5.74, 6) is 2.81. The van der Waals surface area contributed by atoms with Gasteiger partial charge in [0, 0.05) is 33.7 Å². The Morgan fingerprint density at radius 3 is 2.33 bits per heavy atom. The van der Waals surface area contributed by atoms with Crippen molar-refractivity contribution in [1.82, 2.24) is 15.1 Å². The molecule has 5 heteroatoms. The minimum atomic E-state index is 0. The molecule has 1 N–H and O–H groups in total.